The smallest absolute Gasteiger partial charge is 0.260 e. The number of pyridine rings is 1. The molecule has 2 aromatic rings. The first-order valence-electron chi connectivity index (χ1n) is 7.52. The number of benzene rings is 1. The van der Waals surface area contributed by atoms with Crippen molar-refractivity contribution in [1.82, 2.24) is 10.3 Å². The Bertz CT molecular complexity index is 690. The molecular formula is C18H22N2O2. The van der Waals surface area contributed by atoms with Crippen LogP contribution in [0.15, 0.2) is 47.3 Å². The third-order valence-corrected chi connectivity index (χ3v) is 3.81. The number of aryl methyl sites for hydroxylation is 1. The van der Waals surface area contributed by atoms with E-state index in [0.29, 0.717) is 12.5 Å². The predicted octanol–water partition coefficient (Wildman–Crippen LogP) is 2.85. The van der Waals surface area contributed by atoms with E-state index in [-0.39, 0.29) is 22.9 Å². The molecule has 2 N–H and O–H groups in total. The van der Waals surface area contributed by atoms with Gasteiger partial charge in [0, 0.05) is 18.2 Å². The summed E-state index contributed by atoms with van der Waals surface area (Å²) in [5.74, 6) is 0.275. The van der Waals surface area contributed by atoms with Crippen LogP contribution in [0.4, 0.5) is 0 Å². The molecule has 1 heterocycles. The molecule has 0 aliphatic heterocycles. The Morgan fingerprint density at radius 3 is 2.41 bits per heavy atom. The molecule has 4 nitrogen and oxygen atoms in total. The van der Waals surface area contributed by atoms with Crippen LogP contribution in [0.25, 0.3) is 0 Å². The highest BCUT2D eigenvalue weighted by molar-refractivity contribution is 5.93. The molecule has 1 unspecified atom stereocenters. The van der Waals surface area contributed by atoms with Crippen molar-refractivity contribution in [1.29, 1.82) is 0 Å². The third-order valence-electron chi connectivity index (χ3n) is 3.81. The second-order valence-corrected chi connectivity index (χ2v) is 5.86. The van der Waals surface area contributed by atoms with Crippen molar-refractivity contribution in [3.05, 3.63) is 69.6 Å². The average molecular weight is 298 g/mol. The summed E-state index contributed by atoms with van der Waals surface area (Å²) in [4.78, 5) is 26.7. The van der Waals surface area contributed by atoms with E-state index in [9.17, 15) is 9.59 Å². The molecule has 116 valence electrons. The third kappa shape index (κ3) is 3.85. The van der Waals surface area contributed by atoms with E-state index in [0.717, 1.165) is 5.69 Å². The normalized spacial score (nSPS) is 12.2. The number of hydrogen-bond donors (Lipinski definition) is 2. The quantitative estimate of drug-likeness (QED) is 0.891. The second kappa shape index (κ2) is 7.07. The standard InChI is InChI=1S/C18H22N2O2/c1-12(2)16(14-7-5-4-6-8-14)11-19-17(21)15-10-9-13(3)20-18(15)22/h4-10,12,16H,11H2,1-3H3,(H,19,21)(H,20,22). The van der Waals surface area contributed by atoms with E-state index in [4.69, 9.17) is 0 Å². The van der Waals surface area contributed by atoms with E-state index in [1.165, 1.54) is 5.56 Å². The predicted molar refractivity (Wildman–Crippen MR) is 88.2 cm³/mol. The fourth-order valence-corrected chi connectivity index (χ4v) is 2.49. The number of aromatic nitrogens is 1. The summed E-state index contributed by atoms with van der Waals surface area (Å²) in [6.45, 7) is 6.55. The molecule has 0 bridgehead atoms. The van der Waals surface area contributed by atoms with Gasteiger partial charge in [0.1, 0.15) is 5.56 Å². The van der Waals surface area contributed by atoms with Gasteiger partial charge >= 0.3 is 0 Å². The maximum absolute atomic E-state index is 12.2. The van der Waals surface area contributed by atoms with Crippen LogP contribution in [-0.4, -0.2) is 17.4 Å². The lowest BCUT2D eigenvalue weighted by Gasteiger charge is -2.21. The Balaban J connectivity index is 2.10. The first-order chi connectivity index (χ1) is 10.5. The largest absolute Gasteiger partial charge is 0.351 e. The van der Waals surface area contributed by atoms with Gasteiger partial charge in [-0.1, -0.05) is 44.2 Å². The van der Waals surface area contributed by atoms with Gasteiger partial charge in [0.05, 0.1) is 0 Å². The van der Waals surface area contributed by atoms with Gasteiger partial charge in [0.15, 0.2) is 0 Å². The highest BCUT2D eigenvalue weighted by Crippen LogP contribution is 2.23. The zero-order valence-corrected chi connectivity index (χ0v) is 13.2. The van der Waals surface area contributed by atoms with Crippen molar-refractivity contribution in [2.75, 3.05) is 6.54 Å². The van der Waals surface area contributed by atoms with E-state index >= 15 is 0 Å². The molecule has 0 aliphatic carbocycles. The number of rotatable bonds is 5. The molecule has 1 aromatic heterocycles. The molecule has 1 aromatic carbocycles. The van der Waals surface area contributed by atoms with Gasteiger partial charge in [-0.25, -0.2) is 0 Å². The van der Waals surface area contributed by atoms with Crippen LogP contribution in [0.3, 0.4) is 0 Å². The van der Waals surface area contributed by atoms with Gasteiger partial charge in [-0.05, 0) is 30.5 Å². The second-order valence-electron chi connectivity index (χ2n) is 5.86. The lowest BCUT2D eigenvalue weighted by atomic mass is 9.88. The Hall–Kier alpha value is -2.36. The van der Waals surface area contributed by atoms with Crippen LogP contribution in [0.5, 0.6) is 0 Å². The van der Waals surface area contributed by atoms with Crippen LogP contribution < -0.4 is 10.9 Å². The van der Waals surface area contributed by atoms with Crippen molar-refractivity contribution in [3.8, 4) is 0 Å². The molecular weight excluding hydrogens is 276 g/mol. The Kier molecular flexibility index (Phi) is 5.15. The molecule has 0 radical (unpaired) electrons. The van der Waals surface area contributed by atoms with Crippen molar-refractivity contribution in [2.24, 2.45) is 5.92 Å². The SMILES string of the molecule is Cc1ccc(C(=O)NCC(c2ccccc2)C(C)C)c(=O)[nH]1. The van der Waals surface area contributed by atoms with Crippen molar-refractivity contribution < 1.29 is 4.79 Å². The zero-order chi connectivity index (χ0) is 16.1. The summed E-state index contributed by atoms with van der Waals surface area (Å²) in [6.07, 6.45) is 0. The summed E-state index contributed by atoms with van der Waals surface area (Å²) in [7, 11) is 0. The topological polar surface area (TPSA) is 62.0 Å². The minimum absolute atomic E-state index is 0.154. The lowest BCUT2D eigenvalue weighted by Crippen LogP contribution is -2.33. The fraction of sp³-hybridized carbons (Fsp3) is 0.333. The van der Waals surface area contributed by atoms with Gasteiger partial charge < -0.3 is 10.3 Å². The minimum atomic E-state index is -0.349. The zero-order valence-electron chi connectivity index (χ0n) is 13.2. The highest BCUT2D eigenvalue weighted by Gasteiger charge is 2.18. The van der Waals surface area contributed by atoms with Crippen molar-refractivity contribution in [3.63, 3.8) is 0 Å². The molecule has 22 heavy (non-hydrogen) atoms. The van der Waals surface area contributed by atoms with E-state index in [2.05, 4.69) is 36.3 Å². The van der Waals surface area contributed by atoms with Crippen molar-refractivity contribution in [2.45, 2.75) is 26.7 Å². The number of aromatic amines is 1. The van der Waals surface area contributed by atoms with E-state index in [1.807, 2.05) is 18.2 Å². The molecule has 0 fully saturated rings. The van der Waals surface area contributed by atoms with Crippen LogP contribution >= 0.6 is 0 Å². The number of carbonyl (C=O) groups is 1. The van der Waals surface area contributed by atoms with Gasteiger partial charge in [-0.15, -0.1) is 0 Å². The Labute approximate surface area is 130 Å². The maximum Gasteiger partial charge on any atom is 0.260 e. The van der Waals surface area contributed by atoms with Crippen LogP contribution in [0, 0.1) is 12.8 Å². The van der Waals surface area contributed by atoms with Crippen LogP contribution in [0.1, 0.15) is 41.4 Å². The summed E-state index contributed by atoms with van der Waals surface area (Å²) >= 11 is 0. The van der Waals surface area contributed by atoms with Crippen molar-refractivity contribution >= 4 is 5.91 Å². The molecule has 0 aliphatic rings. The molecule has 1 amide bonds. The van der Waals surface area contributed by atoms with Gasteiger partial charge in [0.2, 0.25) is 0 Å². The van der Waals surface area contributed by atoms with E-state index in [1.54, 1.807) is 19.1 Å². The number of amides is 1. The summed E-state index contributed by atoms with van der Waals surface area (Å²) in [5.41, 5.74) is 1.74. The summed E-state index contributed by atoms with van der Waals surface area (Å²) < 4.78 is 0. The lowest BCUT2D eigenvalue weighted by molar-refractivity contribution is 0.0947. The van der Waals surface area contributed by atoms with Crippen LogP contribution in [-0.2, 0) is 0 Å². The summed E-state index contributed by atoms with van der Waals surface area (Å²) in [6, 6.07) is 13.4. The van der Waals surface area contributed by atoms with E-state index < -0.39 is 0 Å². The number of hydrogen-bond acceptors (Lipinski definition) is 2. The van der Waals surface area contributed by atoms with Gasteiger partial charge in [-0.2, -0.15) is 0 Å². The molecule has 0 saturated carbocycles. The first-order valence-corrected chi connectivity index (χ1v) is 7.52. The molecule has 1 atom stereocenters. The molecule has 0 saturated heterocycles. The minimum Gasteiger partial charge on any atom is -0.351 e. The Morgan fingerprint density at radius 1 is 1.14 bits per heavy atom. The monoisotopic (exact) mass is 298 g/mol. The molecule has 4 heteroatoms. The molecule has 2 rings (SSSR count). The maximum atomic E-state index is 12.2. The number of nitrogens with one attached hydrogen (secondary N) is 2. The molecule has 0 spiro atoms. The Morgan fingerprint density at radius 2 is 1.82 bits per heavy atom. The van der Waals surface area contributed by atoms with Crippen LogP contribution in [0.2, 0.25) is 0 Å². The number of H-pyrrole nitrogens is 1. The number of carbonyl (C=O) groups excluding carboxylic acids is 1. The average Bonchev–Trinajstić information content (AvgIpc) is 2.48. The summed E-state index contributed by atoms with van der Waals surface area (Å²) in [5, 5.41) is 2.88. The fourth-order valence-electron chi connectivity index (χ4n) is 2.49. The van der Waals surface area contributed by atoms with Gasteiger partial charge in [0.25, 0.3) is 11.5 Å². The highest BCUT2D eigenvalue weighted by atomic mass is 16.2. The first kappa shape index (κ1) is 16.0. The van der Waals surface area contributed by atoms with Gasteiger partial charge in [-0.3, -0.25) is 9.59 Å².